The lowest BCUT2D eigenvalue weighted by Gasteiger charge is -2.50. The second kappa shape index (κ2) is 8.58. The summed E-state index contributed by atoms with van der Waals surface area (Å²) < 4.78 is 16.3. The Hall–Kier alpha value is -1.69. The fraction of sp³-hybridized carbons (Fsp3) is 0.737. The van der Waals surface area contributed by atoms with Gasteiger partial charge < -0.3 is 39.7 Å². The number of hydrogen-bond donors (Lipinski definition) is 5. The molecule has 5 N–H and O–H groups in total. The van der Waals surface area contributed by atoms with Crippen LogP contribution in [0.1, 0.15) is 13.8 Å². The molecule has 0 spiro atoms. The van der Waals surface area contributed by atoms with Crippen molar-refractivity contribution in [3.05, 3.63) is 22.7 Å². The maximum atomic E-state index is 12.9. The summed E-state index contributed by atoms with van der Waals surface area (Å²) in [4.78, 5) is 14.8. The van der Waals surface area contributed by atoms with Crippen molar-refractivity contribution in [3.63, 3.8) is 0 Å². The minimum absolute atomic E-state index is 0.0456. The molecule has 2 fully saturated rings. The van der Waals surface area contributed by atoms with E-state index >= 15 is 0 Å². The maximum Gasteiger partial charge on any atom is 0.335 e. The average Bonchev–Trinajstić information content (AvgIpc) is 2.71. The van der Waals surface area contributed by atoms with Gasteiger partial charge in [0.1, 0.15) is 30.5 Å². The number of fused-ring (bicyclic) bond motifs is 3. The number of carbonyl (C=O) groups is 1. The first kappa shape index (κ1) is 22.0. The van der Waals surface area contributed by atoms with Crippen molar-refractivity contribution in [3.8, 4) is 0 Å². The Balaban J connectivity index is 2.11. The van der Waals surface area contributed by atoms with Crippen LogP contribution in [0.2, 0.25) is 0 Å². The summed E-state index contributed by atoms with van der Waals surface area (Å²) in [7, 11) is 1.30. The Morgan fingerprint density at radius 1 is 1.10 bits per heavy atom. The van der Waals surface area contributed by atoms with Gasteiger partial charge in [0.2, 0.25) is 0 Å². The highest BCUT2D eigenvalue weighted by Gasteiger charge is 2.58. The van der Waals surface area contributed by atoms with Crippen molar-refractivity contribution in [1.82, 2.24) is 4.90 Å². The number of hydrogen-bond acceptors (Lipinski definition) is 10. The molecule has 0 aromatic rings. The maximum absolute atomic E-state index is 12.9. The number of esters is 1. The normalized spacial score (nSPS) is 37.4. The number of likely N-dealkylation sites (N-methyl/N-ethyl adjacent to an activating group) is 1. The molecule has 0 radical (unpaired) electrons. The van der Waals surface area contributed by atoms with Gasteiger partial charge in [0, 0.05) is 12.1 Å². The van der Waals surface area contributed by atoms with E-state index in [-0.39, 0.29) is 29.2 Å². The van der Waals surface area contributed by atoms with Crippen LogP contribution in [-0.4, -0.2) is 106 Å². The minimum atomic E-state index is -1.50. The molecule has 7 atom stereocenters. The Morgan fingerprint density at radius 2 is 1.76 bits per heavy atom. The molecule has 10 nitrogen and oxygen atoms in total. The summed E-state index contributed by atoms with van der Waals surface area (Å²) in [5.74, 6) is -2.26. The van der Waals surface area contributed by atoms with E-state index in [9.17, 15) is 30.3 Å². The number of rotatable bonds is 6. The summed E-state index contributed by atoms with van der Waals surface area (Å²) in [6, 6.07) is 0. The van der Waals surface area contributed by atoms with Gasteiger partial charge in [-0.05, 0) is 13.1 Å². The molecule has 0 amide bonds. The van der Waals surface area contributed by atoms with Gasteiger partial charge in [0.05, 0.1) is 25.2 Å². The van der Waals surface area contributed by atoms with Gasteiger partial charge in [-0.25, -0.2) is 4.79 Å². The van der Waals surface area contributed by atoms with Gasteiger partial charge in [0.25, 0.3) is 0 Å². The van der Waals surface area contributed by atoms with Crippen molar-refractivity contribution >= 4 is 5.97 Å². The van der Waals surface area contributed by atoms with Gasteiger partial charge >= 0.3 is 5.97 Å². The molecule has 10 heteroatoms. The van der Waals surface area contributed by atoms with Crippen molar-refractivity contribution in [2.24, 2.45) is 5.92 Å². The molecule has 0 aromatic carbocycles. The molecular weight excluding hydrogens is 386 g/mol. The van der Waals surface area contributed by atoms with E-state index in [1.54, 1.807) is 0 Å². The van der Waals surface area contributed by atoms with Crippen molar-refractivity contribution in [1.29, 1.82) is 0 Å². The number of ether oxygens (including phenoxy) is 3. The fourth-order valence-corrected chi connectivity index (χ4v) is 4.32. The van der Waals surface area contributed by atoms with Gasteiger partial charge in [-0.15, -0.1) is 0 Å². The van der Waals surface area contributed by atoms with Crippen LogP contribution in [0.25, 0.3) is 0 Å². The van der Waals surface area contributed by atoms with Crippen LogP contribution >= 0.6 is 0 Å². The van der Waals surface area contributed by atoms with E-state index < -0.39 is 55.1 Å². The van der Waals surface area contributed by atoms with Crippen LogP contribution in [0.5, 0.6) is 0 Å². The van der Waals surface area contributed by atoms with Crippen LogP contribution < -0.4 is 0 Å². The van der Waals surface area contributed by atoms with E-state index in [1.807, 2.05) is 18.7 Å². The molecule has 2 heterocycles. The lowest BCUT2D eigenvalue weighted by Crippen LogP contribution is -2.66. The van der Waals surface area contributed by atoms with E-state index in [0.717, 1.165) is 0 Å². The highest BCUT2D eigenvalue weighted by Crippen LogP contribution is 2.45. The molecule has 2 saturated heterocycles. The molecule has 3 aliphatic rings. The monoisotopic (exact) mass is 415 g/mol. The molecule has 0 bridgehead atoms. The zero-order valence-corrected chi connectivity index (χ0v) is 16.7. The predicted octanol–water partition coefficient (Wildman–Crippen LogP) is -1.56. The second-order valence-corrected chi connectivity index (χ2v) is 7.41. The van der Waals surface area contributed by atoms with E-state index in [0.29, 0.717) is 13.1 Å². The zero-order valence-electron chi connectivity index (χ0n) is 16.7. The summed E-state index contributed by atoms with van der Waals surface area (Å²) >= 11 is 0. The molecule has 2 aliphatic heterocycles. The van der Waals surface area contributed by atoms with Crippen molar-refractivity contribution in [2.75, 3.05) is 33.4 Å². The Bertz CT molecular complexity index is 702. The number of carbonyl (C=O) groups excluding carboxylic acids is 1. The van der Waals surface area contributed by atoms with Gasteiger partial charge in [0.15, 0.2) is 17.6 Å². The summed E-state index contributed by atoms with van der Waals surface area (Å²) in [6.07, 6.45) is -7.79. The minimum Gasteiger partial charge on any atom is -0.504 e. The Morgan fingerprint density at radius 3 is 2.31 bits per heavy atom. The number of nitrogens with zero attached hydrogens (tertiary/aromatic N) is 1. The lowest BCUT2D eigenvalue weighted by molar-refractivity contribution is -0.260. The topological polar surface area (TPSA) is 149 Å². The number of aliphatic hydroxyl groups excluding tert-OH is 5. The molecule has 1 aliphatic carbocycles. The summed E-state index contributed by atoms with van der Waals surface area (Å²) in [6.45, 7) is 4.83. The zero-order chi connectivity index (χ0) is 21.5. The van der Waals surface area contributed by atoms with E-state index in [1.165, 1.54) is 7.11 Å². The van der Waals surface area contributed by atoms with Gasteiger partial charge in [-0.2, -0.15) is 0 Å². The SMILES string of the molecule is CCN(CC)CC1=C2C(=O)OC3C(O)C(O)C(CO)OC3C2C(O)C(OC)=C1O. The van der Waals surface area contributed by atoms with Crippen LogP contribution in [0.3, 0.4) is 0 Å². The Labute approximate surface area is 168 Å². The lowest BCUT2D eigenvalue weighted by atomic mass is 9.73. The molecule has 3 rings (SSSR count). The highest BCUT2D eigenvalue weighted by atomic mass is 16.6. The predicted molar refractivity (Wildman–Crippen MR) is 98.6 cm³/mol. The smallest absolute Gasteiger partial charge is 0.335 e. The third kappa shape index (κ3) is 3.54. The molecule has 0 saturated carbocycles. The second-order valence-electron chi connectivity index (χ2n) is 7.41. The Kier molecular flexibility index (Phi) is 6.51. The molecule has 7 unspecified atom stereocenters. The van der Waals surface area contributed by atoms with Crippen LogP contribution in [-0.2, 0) is 19.0 Å². The van der Waals surface area contributed by atoms with E-state index in [2.05, 4.69) is 0 Å². The largest absolute Gasteiger partial charge is 0.504 e. The fourth-order valence-electron chi connectivity index (χ4n) is 4.32. The first-order valence-corrected chi connectivity index (χ1v) is 9.74. The highest BCUT2D eigenvalue weighted by molar-refractivity contribution is 5.93. The molecule has 0 aromatic heterocycles. The first-order chi connectivity index (χ1) is 13.8. The molecule has 29 heavy (non-hydrogen) atoms. The molecular formula is C19H29NO9. The van der Waals surface area contributed by atoms with E-state index in [4.69, 9.17) is 14.2 Å². The summed E-state index contributed by atoms with van der Waals surface area (Å²) in [5.41, 5.74) is 0.304. The van der Waals surface area contributed by atoms with Crippen LogP contribution in [0.15, 0.2) is 22.7 Å². The first-order valence-electron chi connectivity index (χ1n) is 9.74. The number of methoxy groups -OCH3 is 1. The van der Waals surface area contributed by atoms with Crippen molar-refractivity contribution < 1.29 is 44.5 Å². The number of aliphatic hydroxyl groups is 5. The third-order valence-electron chi connectivity index (χ3n) is 6.00. The van der Waals surface area contributed by atoms with Gasteiger partial charge in [-0.1, -0.05) is 13.8 Å². The average molecular weight is 415 g/mol. The third-order valence-corrected chi connectivity index (χ3v) is 6.00. The standard InChI is InChI=1S/C19H29NO9/c1-4-20(5-2)6-8-10-11(14(24)17(27-3)12(8)22)16-18(29-19(10)26)15(25)13(23)9(7-21)28-16/h9,11,13-16,18,21-25H,4-7H2,1-3H3. The summed E-state index contributed by atoms with van der Waals surface area (Å²) in [5, 5.41) is 51.6. The quantitative estimate of drug-likeness (QED) is 0.322. The molecule has 164 valence electrons. The van der Waals surface area contributed by atoms with Crippen molar-refractivity contribution in [2.45, 2.75) is 50.5 Å². The van der Waals surface area contributed by atoms with Crippen LogP contribution in [0.4, 0.5) is 0 Å². The van der Waals surface area contributed by atoms with Gasteiger partial charge in [-0.3, -0.25) is 4.90 Å². The van der Waals surface area contributed by atoms with Crippen LogP contribution in [0, 0.1) is 5.92 Å².